The summed E-state index contributed by atoms with van der Waals surface area (Å²) in [4.78, 5) is 0. The van der Waals surface area contributed by atoms with Gasteiger partial charge in [0, 0.05) is 21.8 Å². The molecule has 0 radical (unpaired) electrons. The Labute approximate surface area is 123 Å². The first-order valence-electron chi connectivity index (χ1n) is 6.24. The van der Waals surface area contributed by atoms with Crippen LogP contribution < -0.4 is 10.5 Å². The molecule has 0 aromatic heterocycles. The van der Waals surface area contributed by atoms with Crippen molar-refractivity contribution < 1.29 is 13.2 Å². The Morgan fingerprint density at radius 3 is 2.68 bits per heavy atom. The molecular weight excluding hydrogens is 330 g/mol. The van der Waals surface area contributed by atoms with Gasteiger partial charge in [0.05, 0.1) is 12.4 Å². The van der Waals surface area contributed by atoms with Crippen LogP contribution in [0.3, 0.4) is 0 Å². The van der Waals surface area contributed by atoms with Gasteiger partial charge in [-0.1, -0.05) is 28.9 Å². The number of ether oxygens (including phenoxy) is 1. The number of hydrogen-bond acceptors (Lipinski definition) is 4. The van der Waals surface area contributed by atoms with Gasteiger partial charge in [-0.05, 0) is 25.5 Å². The lowest BCUT2D eigenvalue weighted by atomic mass is 10.1. The van der Waals surface area contributed by atoms with Crippen molar-refractivity contribution in [2.45, 2.75) is 26.3 Å². The van der Waals surface area contributed by atoms with Gasteiger partial charge in [0.15, 0.2) is 0 Å². The largest absolute Gasteiger partial charge is 0.493 e. The standard InChI is InChI=1S/C13H20BrNO3S/c1-3-19(16,17)8-4-7-18-13-9-11(14)5-6-12(13)10(2)15/h5-6,9-10H,3-4,7-8,15H2,1-2H3. The van der Waals surface area contributed by atoms with Crippen molar-refractivity contribution in [1.82, 2.24) is 0 Å². The quantitative estimate of drug-likeness (QED) is 0.768. The van der Waals surface area contributed by atoms with Crippen LogP contribution in [0.4, 0.5) is 0 Å². The Balaban J connectivity index is 2.60. The van der Waals surface area contributed by atoms with E-state index in [-0.39, 0.29) is 17.5 Å². The summed E-state index contributed by atoms with van der Waals surface area (Å²) in [5.74, 6) is 1.04. The van der Waals surface area contributed by atoms with E-state index < -0.39 is 9.84 Å². The van der Waals surface area contributed by atoms with Crippen molar-refractivity contribution >= 4 is 25.8 Å². The van der Waals surface area contributed by atoms with E-state index in [2.05, 4.69) is 15.9 Å². The molecule has 0 saturated carbocycles. The Morgan fingerprint density at radius 2 is 2.11 bits per heavy atom. The molecule has 1 aromatic rings. The number of nitrogens with two attached hydrogens (primary N) is 1. The molecule has 2 N–H and O–H groups in total. The lowest BCUT2D eigenvalue weighted by Gasteiger charge is -2.14. The number of hydrogen-bond donors (Lipinski definition) is 1. The second-order valence-corrected chi connectivity index (χ2v) is 7.80. The van der Waals surface area contributed by atoms with Gasteiger partial charge >= 0.3 is 0 Å². The molecule has 0 aliphatic rings. The molecule has 0 heterocycles. The average molecular weight is 350 g/mol. The lowest BCUT2D eigenvalue weighted by molar-refractivity contribution is 0.313. The van der Waals surface area contributed by atoms with Gasteiger partial charge < -0.3 is 10.5 Å². The summed E-state index contributed by atoms with van der Waals surface area (Å²) in [7, 11) is -2.92. The molecule has 0 amide bonds. The van der Waals surface area contributed by atoms with E-state index in [1.54, 1.807) is 6.92 Å². The van der Waals surface area contributed by atoms with Crippen LogP contribution in [0.5, 0.6) is 5.75 Å². The number of benzene rings is 1. The summed E-state index contributed by atoms with van der Waals surface area (Å²) in [5, 5.41) is 0. The lowest BCUT2D eigenvalue weighted by Crippen LogP contribution is -2.13. The highest BCUT2D eigenvalue weighted by Crippen LogP contribution is 2.27. The Kier molecular flexibility index (Phi) is 6.29. The normalized spacial score (nSPS) is 13.3. The summed E-state index contributed by atoms with van der Waals surface area (Å²) in [6.45, 7) is 3.91. The third kappa shape index (κ3) is 5.50. The van der Waals surface area contributed by atoms with Crippen LogP contribution in [0, 0.1) is 0 Å². The van der Waals surface area contributed by atoms with E-state index in [0.717, 1.165) is 10.0 Å². The fourth-order valence-electron chi connectivity index (χ4n) is 1.61. The zero-order valence-corrected chi connectivity index (χ0v) is 13.6. The van der Waals surface area contributed by atoms with E-state index >= 15 is 0 Å². The molecule has 4 nitrogen and oxygen atoms in total. The first-order chi connectivity index (χ1) is 8.85. The molecule has 1 rings (SSSR count). The summed E-state index contributed by atoms with van der Waals surface area (Å²) in [5.41, 5.74) is 6.79. The molecule has 0 aliphatic carbocycles. The number of rotatable bonds is 7. The van der Waals surface area contributed by atoms with E-state index in [1.165, 1.54) is 0 Å². The van der Waals surface area contributed by atoms with Crippen molar-refractivity contribution in [1.29, 1.82) is 0 Å². The Bertz CT molecular complexity index is 515. The highest BCUT2D eigenvalue weighted by Gasteiger charge is 2.10. The predicted octanol–water partition coefficient (Wildman–Crippen LogP) is 2.67. The van der Waals surface area contributed by atoms with Crippen molar-refractivity contribution in [3.05, 3.63) is 28.2 Å². The molecule has 1 atom stereocenters. The SMILES string of the molecule is CCS(=O)(=O)CCCOc1cc(Br)ccc1C(C)N. The first kappa shape index (κ1) is 16.5. The van der Waals surface area contributed by atoms with E-state index in [9.17, 15) is 8.42 Å². The molecule has 0 bridgehead atoms. The van der Waals surface area contributed by atoms with Crippen molar-refractivity contribution in [2.24, 2.45) is 5.73 Å². The van der Waals surface area contributed by atoms with Crippen LogP contribution in [0.25, 0.3) is 0 Å². The first-order valence-corrected chi connectivity index (χ1v) is 8.85. The highest BCUT2D eigenvalue weighted by molar-refractivity contribution is 9.10. The van der Waals surface area contributed by atoms with Crippen molar-refractivity contribution in [3.8, 4) is 5.75 Å². The minimum absolute atomic E-state index is 0.123. The monoisotopic (exact) mass is 349 g/mol. The maximum atomic E-state index is 11.4. The van der Waals surface area contributed by atoms with Gasteiger partial charge in [0.25, 0.3) is 0 Å². The summed E-state index contributed by atoms with van der Waals surface area (Å²) < 4.78 is 29.3. The average Bonchev–Trinajstić information content (AvgIpc) is 2.34. The topological polar surface area (TPSA) is 69.4 Å². The van der Waals surface area contributed by atoms with Crippen LogP contribution in [-0.4, -0.2) is 26.5 Å². The second-order valence-electron chi connectivity index (χ2n) is 4.41. The Morgan fingerprint density at radius 1 is 1.42 bits per heavy atom. The highest BCUT2D eigenvalue weighted by atomic mass is 79.9. The van der Waals surface area contributed by atoms with Crippen molar-refractivity contribution in [3.63, 3.8) is 0 Å². The van der Waals surface area contributed by atoms with Gasteiger partial charge in [-0.3, -0.25) is 0 Å². The van der Waals surface area contributed by atoms with Crippen LogP contribution in [0.1, 0.15) is 31.9 Å². The zero-order valence-electron chi connectivity index (χ0n) is 11.2. The minimum atomic E-state index is -2.92. The van der Waals surface area contributed by atoms with Crippen molar-refractivity contribution in [2.75, 3.05) is 18.1 Å². The van der Waals surface area contributed by atoms with Gasteiger partial charge in [0.1, 0.15) is 15.6 Å². The van der Waals surface area contributed by atoms with Crippen LogP contribution in [0.15, 0.2) is 22.7 Å². The molecule has 19 heavy (non-hydrogen) atoms. The summed E-state index contributed by atoms with van der Waals surface area (Å²) >= 11 is 3.38. The minimum Gasteiger partial charge on any atom is -0.493 e. The number of sulfone groups is 1. The molecule has 6 heteroatoms. The van der Waals surface area contributed by atoms with E-state index in [0.29, 0.717) is 18.8 Å². The third-order valence-corrected chi connectivity index (χ3v) is 5.05. The molecule has 0 aliphatic heterocycles. The van der Waals surface area contributed by atoms with Crippen LogP contribution >= 0.6 is 15.9 Å². The summed E-state index contributed by atoms with van der Waals surface area (Å²) in [6, 6.07) is 5.55. The van der Waals surface area contributed by atoms with E-state index in [1.807, 2.05) is 25.1 Å². The van der Waals surface area contributed by atoms with Gasteiger partial charge in [-0.2, -0.15) is 0 Å². The van der Waals surface area contributed by atoms with Crippen LogP contribution in [-0.2, 0) is 9.84 Å². The maximum Gasteiger partial charge on any atom is 0.150 e. The fourth-order valence-corrected chi connectivity index (χ4v) is 2.80. The molecular formula is C13H20BrNO3S. The Hall–Kier alpha value is -0.590. The van der Waals surface area contributed by atoms with Crippen LogP contribution in [0.2, 0.25) is 0 Å². The smallest absolute Gasteiger partial charge is 0.150 e. The molecule has 0 fully saturated rings. The van der Waals surface area contributed by atoms with E-state index in [4.69, 9.17) is 10.5 Å². The third-order valence-electron chi connectivity index (χ3n) is 2.76. The maximum absolute atomic E-state index is 11.4. The zero-order chi connectivity index (χ0) is 14.5. The molecule has 1 aromatic carbocycles. The van der Waals surface area contributed by atoms with Gasteiger partial charge in [0.2, 0.25) is 0 Å². The molecule has 0 saturated heterocycles. The molecule has 0 spiro atoms. The number of halogens is 1. The second kappa shape index (κ2) is 7.26. The predicted molar refractivity (Wildman–Crippen MR) is 81.2 cm³/mol. The molecule has 108 valence electrons. The van der Waals surface area contributed by atoms with Gasteiger partial charge in [-0.25, -0.2) is 8.42 Å². The van der Waals surface area contributed by atoms with Gasteiger partial charge in [-0.15, -0.1) is 0 Å². The summed E-state index contributed by atoms with van der Waals surface area (Å²) in [6.07, 6.45) is 0.487. The fraction of sp³-hybridized carbons (Fsp3) is 0.538. The molecule has 1 unspecified atom stereocenters.